The number of rotatable bonds is 4. The first-order valence-electron chi connectivity index (χ1n) is 5.92. The van der Waals surface area contributed by atoms with Crippen LogP contribution < -0.4 is 10.2 Å². The molecule has 1 amide bonds. The lowest BCUT2D eigenvalue weighted by atomic mass is 10.2. The highest BCUT2D eigenvalue weighted by molar-refractivity contribution is 14.1. The van der Waals surface area contributed by atoms with Gasteiger partial charge in [-0.3, -0.25) is 4.79 Å². The van der Waals surface area contributed by atoms with Crippen LogP contribution in [-0.4, -0.2) is 19.2 Å². The zero-order valence-corrected chi connectivity index (χ0v) is 13.0. The lowest BCUT2D eigenvalue weighted by Gasteiger charge is -2.03. The minimum Gasteiger partial charge on any atom is -0.496 e. The first-order chi connectivity index (χ1) is 9.70. The number of halogens is 1. The number of benzene rings is 2. The van der Waals surface area contributed by atoms with Crippen LogP contribution in [0.1, 0.15) is 15.9 Å². The molecule has 0 aromatic heterocycles. The van der Waals surface area contributed by atoms with Crippen LogP contribution >= 0.6 is 22.6 Å². The van der Waals surface area contributed by atoms with Gasteiger partial charge in [-0.2, -0.15) is 5.10 Å². The molecule has 0 aliphatic carbocycles. The molecule has 4 nitrogen and oxygen atoms in total. The fourth-order valence-electron chi connectivity index (χ4n) is 1.58. The number of carbonyl (C=O) groups is 1. The molecule has 0 radical (unpaired) electrons. The lowest BCUT2D eigenvalue weighted by molar-refractivity contribution is 0.0955. The van der Waals surface area contributed by atoms with E-state index >= 15 is 0 Å². The summed E-state index contributed by atoms with van der Waals surface area (Å²) in [7, 11) is 1.63. The molecule has 2 rings (SSSR count). The van der Waals surface area contributed by atoms with Gasteiger partial charge in [-0.15, -0.1) is 0 Å². The van der Waals surface area contributed by atoms with E-state index in [9.17, 15) is 4.79 Å². The van der Waals surface area contributed by atoms with E-state index in [2.05, 4.69) is 33.1 Å². The minimum absolute atomic E-state index is 0.231. The summed E-state index contributed by atoms with van der Waals surface area (Å²) < 4.78 is 6.17. The predicted molar refractivity (Wildman–Crippen MR) is 87.2 cm³/mol. The standard InChI is InChI=1S/C15H13IN2O2/c1-20-14-8-7-11(9-13(14)16)10-17-18-15(19)12-5-3-2-4-6-12/h2-10H,1H3,(H,18,19)/b17-10-. The van der Waals surface area contributed by atoms with Crippen molar-refractivity contribution in [1.82, 2.24) is 5.43 Å². The molecule has 1 N–H and O–H groups in total. The van der Waals surface area contributed by atoms with Crippen LogP contribution in [0.2, 0.25) is 0 Å². The van der Waals surface area contributed by atoms with Gasteiger partial charge in [-0.05, 0) is 58.5 Å². The number of hydrazone groups is 1. The molecule has 0 aliphatic rings. The molecule has 0 saturated carbocycles. The minimum atomic E-state index is -0.231. The van der Waals surface area contributed by atoms with Gasteiger partial charge in [0.05, 0.1) is 16.9 Å². The van der Waals surface area contributed by atoms with Crippen molar-refractivity contribution in [2.24, 2.45) is 5.10 Å². The lowest BCUT2D eigenvalue weighted by Crippen LogP contribution is -2.17. The van der Waals surface area contributed by atoms with Gasteiger partial charge < -0.3 is 4.74 Å². The highest BCUT2D eigenvalue weighted by Crippen LogP contribution is 2.20. The molecular weight excluding hydrogens is 367 g/mol. The van der Waals surface area contributed by atoms with Crippen LogP contribution in [0.5, 0.6) is 5.75 Å². The molecule has 20 heavy (non-hydrogen) atoms. The van der Waals surface area contributed by atoms with E-state index in [1.807, 2.05) is 36.4 Å². The van der Waals surface area contributed by atoms with Gasteiger partial charge >= 0.3 is 0 Å². The number of ether oxygens (including phenoxy) is 1. The molecule has 0 heterocycles. The van der Waals surface area contributed by atoms with E-state index in [0.717, 1.165) is 14.9 Å². The van der Waals surface area contributed by atoms with Crippen LogP contribution in [0.4, 0.5) is 0 Å². The number of nitrogens with zero attached hydrogens (tertiary/aromatic N) is 1. The molecular formula is C15H13IN2O2. The summed E-state index contributed by atoms with van der Waals surface area (Å²) >= 11 is 2.19. The molecule has 102 valence electrons. The van der Waals surface area contributed by atoms with Gasteiger partial charge in [-0.25, -0.2) is 5.43 Å². The number of carbonyl (C=O) groups excluding carboxylic acids is 1. The van der Waals surface area contributed by atoms with Crippen molar-refractivity contribution in [2.45, 2.75) is 0 Å². The summed E-state index contributed by atoms with van der Waals surface area (Å²) in [5, 5.41) is 3.95. The molecule has 0 spiro atoms. The van der Waals surface area contributed by atoms with Crippen molar-refractivity contribution in [3.05, 3.63) is 63.2 Å². The van der Waals surface area contributed by atoms with Gasteiger partial charge in [-0.1, -0.05) is 18.2 Å². The molecule has 0 saturated heterocycles. The quantitative estimate of drug-likeness (QED) is 0.504. The Morgan fingerprint density at radius 3 is 2.65 bits per heavy atom. The maximum absolute atomic E-state index is 11.8. The summed E-state index contributed by atoms with van der Waals surface area (Å²) in [6.45, 7) is 0. The second kappa shape index (κ2) is 7.04. The number of hydrogen-bond donors (Lipinski definition) is 1. The van der Waals surface area contributed by atoms with Crippen molar-refractivity contribution >= 4 is 34.7 Å². The van der Waals surface area contributed by atoms with Gasteiger partial charge in [0.25, 0.3) is 5.91 Å². The fraction of sp³-hybridized carbons (Fsp3) is 0.0667. The average Bonchev–Trinajstić information content (AvgIpc) is 2.48. The fourth-order valence-corrected chi connectivity index (χ4v) is 2.34. The summed E-state index contributed by atoms with van der Waals surface area (Å²) in [5.74, 6) is 0.584. The van der Waals surface area contributed by atoms with Crippen LogP contribution in [-0.2, 0) is 0 Å². The molecule has 2 aromatic rings. The molecule has 0 bridgehead atoms. The van der Waals surface area contributed by atoms with Crippen LogP contribution in [0.3, 0.4) is 0 Å². The van der Waals surface area contributed by atoms with Crippen molar-refractivity contribution < 1.29 is 9.53 Å². The molecule has 0 atom stereocenters. The largest absolute Gasteiger partial charge is 0.496 e. The first-order valence-corrected chi connectivity index (χ1v) is 7.00. The van der Waals surface area contributed by atoms with Gasteiger partial charge in [0.1, 0.15) is 5.75 Å². The first kappa shape index (κ1) is 14.5. The highest BCUT2D eigenvalue weighted by atomic mass is 127. The Labute approximate surface area is 131 Å². The number of methoxy groups -OCH3 is 1. The third kappa shape index (κ3) is 3.80. The smallest absolute Gasteiger partial charge is 0.271 e. The Balaban J connectivity index is 2.00. The van der Waals surface area contributed by atoms with Crippen molar-refractivity contribution in [2.75, 3.05) is 7.11 Å². The molecule has 0 aliphatic heterocycles. The maximum Gasteiger partial charge on any atom is 0.271 e. The second-order valence-corrected chi connectivity index (χ2v) is 5.12. The zero-order chi connectivity index (χ0) is 14.4. The van der Waals surface area contributed by atoms with E-state index in [1.165, 1.54) is 0 Å². The topological polar surface area (TPSA) is 50.7 Å². The Morgan fingerprint density at radius 2 is 2.00 bits per heavy atom. The zero-order valence-electron chi connectivity index (χ0n) is 10.8. The Morgan fingerprint density at radius 1 is 1.25 bits per heavy atom. The normalized spacial score (nSPS) is 10.5. The van der Waals surface area contributed by atoms with E-state index < -0.39 is 0 Å². The molecule has 2 aromatic carbocycles. The van der Waals surface area contributed by atoms with Crippen LogP contribution in [0, 0.1) is 3.57 Å². The summed E-state index contributed by atoms with van der Waals surface area (Å²) in [6, 6.07) is 14.6. The van der Waals surface area contributed by atoms with E-state index in [1.54, 1.807) is 25.5 Å². The number of hydrogen-bond acceptors (Lipinski definition) is 3. The third-order valence-corrected chi connectivity index (χ3v) is 3.43. The Kier molecular flexibility index (Phi) is 5.11. The SMILES string of the molecule is COc1ccc(/C=N\NC(=O)c2ccccc2)cc1I. The number of amides is 1. The molecule has 5 heteroatoms. The Hall–Kier alpha value is -1.89. The van der Waals surface area contributed by atoms with Crippen LogP contribution in [0.15, 0.2) is 53.6 Å². The molecule has 0 unspecified atom stereocenters. The summed E-state index contributed by atoms with van der Waals surface area (Å²) in [6.07, 6.45) is 1.60. The average molecular weight is 380 g/mol. The maximum atomic E-state index is 11.8. The summed E-state index contributed by atoms with van der Waals surface area (Å²) in [4.78, 5) is 11.8. The Bertz CT molecular complexity index is 627. The molecule has 0 fully saturated rings. The van der Waals surface area contributed by atoms with Crippen molar-refractivity contribution in [3.8, 4) is 5.75 Å². The van der Waals surface area contributed by atoms with E-state index in [0.29, 0.717) is 5.56 Å². The van der Waals surface area contributed by atoms with Crippen LogP contribution in [0.25, 0.3) is 0 Å². The van der Waals surface area contributed by atoms with Crippen molar-refractivity contribution in [3.63, 3.8) is 0 Å². The van der Waals surface area contributed by atoms with Gasteiger partial charge in [0.2, 0.25) is 0 Å². The monoisotopic (exact) mass is 380 g/mol. The second-order valence-electron chi connectivity index (χ2n) is 3.96. The van der Waals surface area contributed by atoms with Gasteiger partial charge in [0.15, 0.2) is 0 Å². The van der Waals surface area contributed by atoms with E-state index in [4.69, 9.17) is 4.74 Å². The van der Waals surface area contributed by atoms with E-state index in [-0.39, 0.29) is 5.91 Å². The predicted octanol–water partition coefficient (Wildman–Crippen LogP) is 3.06. The third-order valence-electron chi connectivity index (χ3n) is 2.59. The van der Waals surface area contributed by atoms with Crippen molar-refractivity contribution in [1.29, 1.82) is 0 Å². The highest BCUT2D eigenvalue weighted by Gasteiger charge is 2.02. The summed E-state index contributed by atoms with van der Waals surface area (Å²) in [5.41, 5.74) is 3.96. The van der Waals surface area contributed by atoms with Gasteiger partial charge in [0, 0.05) is 5.56 Å². The number of nitrogens with one attached hydrogen (secondary N) is 1.